The van der Waals surface area contributed by atoms with Crippen molar-refractivity contribution < 1.29 is 52.6 Å². The van der Waals surface area contributed by atoms with Crippen molar-refractivity contribution in [2.75, 3.05) is 48.0 Å². The Morgan fingerprint density at radius 1 is 0.853 bits per heavy atom. The van der Waals surface area contributed by atoms with Gasteiger partial charge in [-0.1, -0.05) is 77.8 Å². The summed E-state index contributed by atoms with van der Waals surface area (Å²) in [7, 11) is 5.99. The lowest BCUT2D eigenvalue weighted by molar-refractivity contribution is -0.153. The smallest absolute Gasteiger partial charge is 0.328 e. The van der Waals surface area contributed by atoms with E-state index in [9.17, 15) is 38.4 Å². The van der Waals surface area contributed by atoms with Crippen LogP contribution in [0.15, 0.2) is 42.5 Å². The SMILES string of the molecule is CC[C@H](C)C([C@@H](CC(=O)N1CCC[C@H]1[C@H](OC)[C@@H](C)C(=O)N[C@@H](Cc1ccccc1)C(=O)OC)OC)N(C)C(=O)[C@@H](NC(=O)[C@]1(C)CCCCN1C(=O)CCCCCN1C(=O)C=CC1=O)C(C)C. The highest BCUT2D eigenvalue weighted by atomic mass is 16.5. The number of hydrogen-bond donors (Lipinski definition) is 2. The maximum atomic E-state index is 14.7. The topological polar surface area (TPSA) is 201 Å². The first-order valence-electron chi connectivity index (χ1n) is 24.5. The number of likely N-dealkylation sites (tertiary alicyclic amines) is 2. The van der Waals surface area contributed by atoms with Gasteiger partial charge >= 0.3 is 5.97 Å². The number of esters is 1. The molecule has 17 nitrogen and oxygen atoms in total. The summed E-state index contributed by atoms with van der Waals surface area (Å²) in [5, 5.41) is 5.91. The quantitative estimate of drug-likeness (QED) is 0.0809. The van der Waals surface area contributed by atoms with Crippen LogP contribution in [0.4, 0.5) is 0 Å². The Bertz CT molecular complexity index is 1930. The number of hydrogen-bond acceptors (Lipinski definition) is 11. The Morgan fingerprint density at radius 3 is 2.13 bits per heavy atom. The van der Waals surface area contributed by atoms with E-state index in [1.165, 1.54) is 38.4 Å². The largest absolute Gasteiger partial charge is 0.467 e. The first kappa shape index (κ1) is 55.4. The molecule has 9 atom stereocenters. The van der Waals surface area contributed by atoms with Crippen LogP contribution in [0.25, 0.3) is 0 Å². The van der Waals surface area contributed by atoms with E-state index in [-0.39, 0.29) is 67.2 Å². The third kappa shape index (κ3) is 13.8. The van der Waals surface area contributed by atoms with Crippen molar-refractivity contribution in [3.63, 3.8) is 0 Å². The average molecular weight is 951 g/mol. The van der Waals surface area contributed by atoms with Crippen molar-refractivity contribution in [3.8, 4) is 0 Å². The van der Waals surface area contributed by atoms with Crippen molar-refractivity contribution in [2.45, 2.75) is 161 Å². The number of benzene rings is 1. The first-order chi connectivity index (χ1) is 32.3. The average Bonchev–Trinajstić information content (AvgIpc) is 3.94. The van der Waals surface area contributed by atoms with Crippen LogP contribution < -0.4 is 10.6 Å². The predicted molar refractivity (Wildman–Crippen MR) is 255 cm³/mol. The lowest BCUT2D eigenvalue weighted by Gasteiger charge is -2.45. The van der Waals surface area contributed by atoms with Gasteiger partial charge in [-0.05, 0) is 69.3 Å². The summed E-state index contributed by atoms with van der Waals surface area (Å²) in [4.78, 5) is 114. The highest BCUT2D eigenvalue weighted by molar-refractivity contribution is 6.12. The van der Waals surface area contributed by atoms with Crippen LogP contribution in [0.5, 0.6) is 0 Å². The zero-order chi connectivity index (χ0) is 50.3. The van der Waals surface area contributed by atoms with Crippen molar-refractivity contribution in [2.24, 2.45) is 17.8 Å². The molecule has 3 aliphatic rings. The van der Waals surface area contributed by atoms with Gasteiger partial charge in [-0.15, -0.1) is 0 Å². The van der Waals surface area contributed by atoms with E-state index in [0.717, 1.165) is 18.4 Å². The number of nitrogens with zero attached hydrogens (tertiary/aromatic N) is 4. The number of piperidine rings is 1. The highest BCUT2D eigenvalue weighted by Crippen LogP contribution is 2.32. The van der Waals surface area contributed by atoms with E-state index in [1.54, 1.807) is 35.6 Å². The second kappa shape index (κ2) is 26.0. The fraction of sp³-hybridized carbons (Fsp3) is 0.686. The molecule has 2 saturated heterocycles. The van der Waals surface area contributed by atoms with Crippen molar-refractivity contribution in [3.05, 3.63) is 48.0 Å². The minimum atomic E-state index is -1.19. The molecule has 0 aromatic heterocycles. The molecule has 0 aliphatic carbocycles. The van der Waals surface area contributed by atoms with Crippen LogP contribution in [0.1, 0.15) is 118 Å². The number of ether oxygens (including phenoxy) is 3. The van der Waals surface area contributed by atoms with E-state index in [4.69, 9.17) is 14.2 Å². The zero-order valence-electron chi connectivity index (χ0n) is 42.1. The van der Waals surface area contributed by atoms with Crippen molar-refractivity contribution in [1.82, 2.24) is 30.2 Å². The van der Waals surface area contributed by atoms with Gasteiger partial charge in [0.2, 0.25) is 29.5 Å². The van der Waals surface area contributed by atoms with Gasteiger partial charge in [0.15, 0.2) is 0 Å². The number of imide groups is 1. The molecule has 3 aliphatic heterocycles. The summed E-state index contributed by atoms with van der Waals surface area (Å²) in [6.07, 6.45) is 7.06. The number of methoxy groups -OCH3 is 3. The zero-order valence-corrected chi connectivity index (χ0v) is 42.1. The predicted octanol–water partition coefficient (Wildman–Crippen LogP) is 4.20. The van der Waals surface area contributed by atoms with Crippen molar-refractivity contribution >= 4 is 47.3 Å². The number of rotatable bonds is 25. The third-order valence-electron chi connectivity index (χ3n) is 14.4. The summed E-state index contributed by atoms with van der Waals surface area (Å²) in [5.74, 6) is -3.95. The molecule has 1 unspecified atom stereocenters. The molecule has 0 bridgehead atoms. The summed E-state index contributed by atoms with van der Waals surface area (Å²) < 4.78 is 17.0. The molecule has 7 amide bonds. The molecule has 0 saturated carbocycles. The molecular formula is C51H78N6O11. The van der Waals surface area contributed by atoms with Gasteiger partial charge in [0.05, 0.1) is 43.7 Å². The summed E-state index contributed by atoms with van der Waals surface area (Å²) >= 11 is 0. The lowest BCUT2D eigenvalue weighted by Crippen LogP contribution is -2.65. The molecule has 17 heteroatoms. The van der Waals surface area contributed by atoms with Crippen molar-refractivity contribution in [1.29, 1.82) is 0 Å². The van der Waals surface area contributed by atoms with Gasteiger partial charge in [-0.25, -0.2) is 4.79 Å². The molecule has 68 heavy (non-hydrogen) atoms. The number of nitrogens with one attached hydrogen (secondary N) is 2. The van der Waals surface area contributed by atoms with E-state index in [1.807, 2.05) is 58.0 Å². The number of carbonyl (C=O) groups excluding carboxylic acids is 8. The molecule has 2 fully saturated rings. The van der Waals surface area contributed by atoms with Gasteiger partial charge in [-0.3, -0.25) is 38.5 Å². The Morgan fingerprint density at radius 2 is 1.53 bits per heavy atom. The third-order valence-corrected chi connectivity index (χ3v) is 14.4. The Balaban J connectivity index is 1.43. The Hall–Kier alpha value is -5.16. The molecule has 3 heterocycles. The van der Waals surface area contributed by atoms with Gasteiger partial charge < -0.3 is 39.5 Å². The molecule has 1 aromatic carbocycles. The normalized spacial score (nSPS) is 21.5. The monoisotopic (exact) mass is 951 g/mol. The van der Waals surface area contributed by atoms with Crippen LogP contribution >= 0.6 is 0 Å². The number of unbranched alkanes of at least 4 members (excludes halogenated alkanes) is 2. The van der Waals surface area contributed by atoms with E-state index in [0.29, 0.717) is 58.0 Å². The standard InChI is InChI=1S/C51H78N6O11/c1-11-34(4)45(39(66-8)32-43(61)55-29-20-23-38(55)46(67-9)35(5)47(62)52-37(49(64)68-10)31-36-21-14-12-15-22-36)54(7)48(63)44(33(2)3)53-50(65)51(6)27-17-19-30-57(51)42(60)24-16-13-18-28-56-40(58)25-26-41(56)59/h12,14-15,21-22,25-26,33-35,37-39,44-46H,11,13,16-20,23-24,27-32H2,1-10H3,(H,52,62)(H,53,65)/t34-,35+,37-,38-,39+,44-,45?,46+,51-/m0/s1. The van der Waals surface area contributed by atoms with Crippen LogP contribution in [-0.2, 0) is 59.0 Å². The van der Waals surface area contributed by atoms with E-state index in [2.05, 4.69) is 10.6 Å². The fourth-order valence-electron chi connectivity index (χ4n) is 10.1. The van der Waals surface area contributed by atoms with Gasteiger partial charge in [0.25, 0.3) is 11.8 Å². The molecular weight excluding hydrogens is 873 g/mol. The maximum Gasteiger partial charge on any atom is 0.328 e. The minimum absolute atomic E-state index is 0.0578. The van der Waals surface area contributed by atoms with Crippen LogP contribution in [0.3, 0.4) is 0 Å². The second-order valence-electron chi connectivity index (χ2n) is 19.3. The maximum absolute atomic E-state index is 14.7. The summed E-state index contributed by atoms with van der Waals surface area (Å²) in [6, 6.07) is 6.45. The fourth-order valence-corrected chi connectivity index (χ4v) is 10.1. The van der Waals surface area contributed by atoms with Gasteiger partial charge in [0, 0.05) is 65.9 Å². The lowest BCUT2D eigenvalue weighted by atomic mass is 9.86. The molecule has 0 radical (unpaired) electrons. The number of likely N-dealkylation sites (N-methyl/N-ethyl adjacent to an activating group) is 1. The van der Waals surface area contributed by atoms with Gasteiger partial charge in [0.1, 0.15) is 17.6 Å². The van der Waals surface area contributed by atoms with Gasteiger partial charge in [-0.2, -0.15) is 0 Å². The Kier molecular flexibility index (Phi) is 21.2. The van der Waals surface area contributed by atoms with E-state index < -0.39 is 65.6 Å². The number of amides is 7. The first-order valence-corrected chi connectivity index (χ1v) is 24.5. The second-order valence-corrected chi connectivity index (χ2v) is 19.3. The molecule has 0 spiro atoms. The van der Waals surface area contributed by atoms with Crippen LogP contribution in [0.2, 0.25) is 0 Å². The van der Waals surface area contributed by atoms with Crippen LogP contribution in [0, 0.1) is 17.8 Å². The minimum Gasteiger partial charge on any atom is -0.467 e. The molecule has 378 valence electrons. The summed E-state index contributed by atoms with van der Waals surface area (Å²) in [6.45, 7) is 12.3. The Labute approximate surface area is 403 Å². The molecule has 4 rings (SSSR count). The molecule has 1 aromatic rings. The molecule has 2 N–H and O–H groups in total. The highest BCUT2D eigenvalue weighted by Gasteiger charge is 2.47. The van der Waals surface area contributed by atoms with E-state index >= 15 is 0 Å². The number of carbonyl (C=O) groups is 8. The summed E-state index contributed by atoms with van der Waals surface area (Å²) in [5.41, 5.74) is -0.330. The van der Waals surface area contributed by atoms with Crippen LogP contribution in [-0.4, -0.2) is 157 Å².